The molecule has 0 aliphatic carbocycles. The molecular formula is C42H48N4O5. The normalized spacial score (nSPS) is 23.9. The maximum Gasteiger partial charge on any atom is 0.321 e. The smallest absolute Gasteiger partial charge is 0.321 e. The lowest BCUT2D eigenvalue weighted by Crippen LogP contribution is -2.51. The SMILES string of the molecule is CN1CCOc2ccc(C[C@@H]3[C@@H]4OC(C)(C)O[C@H]4[C@@H](Cc4ccc5c(c4)N(C)CCO5)N(Cc4ccccc4)C(=O)N3Cc3ccccc3)cc21. The fourth-order valence-corrected chi connectivity index (χ4v) is 8.13. The molecule has 0 unspecified atom stereocenters. The summed E-state index contributed by atoms with van der Waals surface area (Å²) in [5.74, 6) is 0.942. The molecule has 2 fully saturated rings. The molecule has 0 radical (unpaired) electrons. The van der Waals surface area contributed by atoms with Crippen molar-refractivity contribution < 1.29 is 23.7 Å². The number of nitrogens with zero attached hydrogens (tertiary/aromatic N) is 4. The summed E-state index contributed by atoms with van der Waals surface area (Å²) in [7, 11) is 4.20. The van der Waals surface area contributed by atoms with E-state index in [0.29, 0.717) is 39.1 Å². The van der Waals surface area contributed by atoms with E-state index in [2.05, 4.69) is 94.4 Å². The summed E-state index contributed by atoms with van der Waals surface area (Å²) < 4.78 is 25.8. The molecular weight excluding hydrogens is 640 g/mol. The molecule has 4 aromatic rings. The molecule has 4 aromatic carbocycles. The second-order valence-electron chi connectivity index (χ2n) is 14.8. The van der Waals surface area contributed by atoms with Gasteiger partial charge in [0.25, 0.3) is 0 Å². The number of anilines is 2. The van der Waals surface area contributed by atoms with Gasteiger partial charge in [-0.3, -0.25) is 0 Å². The average molecular weight is 689 g/mol. The van der Waals surface area contributed by atoms with E-state index in [4.69, 9.17) is 18.9 Å². The molecule has 4 aliphatic rings. The molecule has 9 nitrogen and oxygen atoms in total. The van der Waals surface area contributed by atoms with Crippen molar-refractivity contribution >= 4 is 17.4 Å². The molecule has 51 heavy (non-hydrogen) atoms. The predicted molar refractivity (Wildman–Crippen MR) is 199 cm³/mol. The van der Waals surface area contributed by atoms with E-state index < -0.39 is 5.79 Å². The van der Waals surface area contributed by atoms with Crippen LogP contribution in [0.4, 0.5) is 16.2 Å². The van der Waals surface area contributed by atoms with Gasteiger partial charge < -0.3 is 38.5 Å². The lowest BCUT2D eigenvalue weighted by molar-refractivity contribution is -0.157. The number of likely N-dealkylation sites (N-methyl/N-ethyl adjacent to an activating group) is 2. The van der Waals surface area contributed by atoms with Crippen LogP contribution in [0.1, 0.15) is 36.1 Å². The molecule has 0 bridgehead atoms. The zero-order chi connectivity index (χ0) is 35.1. The predicted octanol–water partition coefficient (Wildman–Crippen LogP) is 6.52. The Balaban J connectivity index is 1.24. The number of amides is 2. The van der Waals surface area contributed by atoms with Gasteiger partial charge in [-0.2, -0.15) is 0 Å². The topological polar surface area (TPSA) is 67.0 Å². The maximum absolute atomic E-state index is 15.4. The van der Waals surface area contributed by atoms with Crippen molar-refractivity contribution in [2.45, 2.75) is 69.9 Å². The minimum absolute atomic E-state index is 0.0195. The van der Waals surface area contributed by atoms with Crippen LogP contribution in [0.3, 0.4) is 0 Å². The van der Waals surface area contributed by atoms with Crippen molar-refractivity contribution in [1.29, 1.82) is 0 Å². The molecule has 8 rings (SSSR count). The molecule has 4 heterocycles. The highest BCUT2D eigenvalue weighted by Gasteiger charge is 2.55. The Morgan fingerprint density at radius 3 is 1.47 bits per heavy atom. The third-order valence-corrected chi connectivity index (χ3v) is 10.7. The molecule has 4 atom stereocenters. The number of carbonyl (C=O) groups is 1. The minimum Gasteiger partial charge on any atom is -0.490 e. The molecule has 2 saturated heterocycles. The highest BCUT2D eigenvalue weighted by Crippen LogP contribution is 2.42. The number of urea groups is 1. The van der Waals surface area contributed by atoms with Gasteiger partial charge in [-0.1, -0.05) is 72.8 Å². The summed E-state index contributed by atoms with van der Waals surface area (Å²) in [6.45, 7) is 7.88. The van der Waals surface area contributed by atoms with E-state index in [-0.39, 0.29) is 30.3 Å². The van der Waals surface area contributed by atoms with Crippen molar-refractivity contribution in [3.05, 3.63) is 119 Å². The number of benzene rings is 4. The third kappa shape index (κ3) is 6.85. The van der Waals surface area contributed by atoms with Crippen LogP contribution in [-0.4, -0.2) is 86.3 Å². The van der Waals surface area contributed by atoms with Crippen LogP contribution >= 0.6 is 0 Å². The van der Waals surface area contributed by atoms with Crippen molar-refractivity contribution in [3.8, 4) is 11.5 Å². The number of ether oxygens (including phenoxy) is 4. The van der Waals surface area contributed by atoms with E-state index in [1.807, 2.05) is 50.2 Å². The fraction of sp³-hybridized carbons (Fsp3) is 0.405. The molecule has 0 saturated carbocycles. The first kappa shape index (κ1) is 33.4. The summed E-state index contributed by atoms with van der Waals surface area (Å²) in [5.41, 5.74) is 6.53. The number of fused-ring (bicyclic) bond motifs is 3. The Bertz CT molecular complexity index is 1720. The van der Waals surface area contributed by atoms with Gasteiger partial charge in [-0.15, -0.1) is 0 Å². The largest absolute Gasteiger partial charge is 0.490 e. The zero-order valence-electron chi connectivity index (χ0n) is 30.0. The van der Waals surface area contributed by atoms with Crippen LogP contribution in [-0.2, 0) is 35.4 Å². The average Bonchev–Trinajstić information content (AvgIpc) is 3.44. The Labute approximate surface area is 301 Å². The zero-order valence-corrected chi connectivity index (χ0v) is 30.0. The molecule has 9 heteroatoms. The Kier molecular flexibility index (Phi) is 9.02. The molecule has 0 N–H and O–H groups in total. The van der Waals surface area contributed by atoms with E-state index in [9.17, 15) is 0 Å². The van der Waals surface area contributed by atoms with Gasteiger partial charge in [0.1, 0.15) is 36.9 Å². The van der Waals surface area contributed by atoms with Crippen molar-refractivity contribution in [3.63, 3.8) is 0 Å². The molecule has 0 aromatic heterocycles. The third-order valence-electron chi connectivity index (χ3n) is 10.7. The van der Waals surface area contributed by atoms with Gasteiger partial charge in [-0.25, -0.2) is 4.79 Å². The summed E-state index contributed by atoms with van der Waals surface area (Å²) in [5, 5.41) is 0. The molecule has 4 aliphatic heterocycles. The lowest BCUT2D eigenvalue weighted by Gasteiger charge is -2.38. The van der Waals surface area contributed by atoms with Crippen LogP contribution in [0.2, 0.25) is 0 Å². The summed E-state index contributed by atoms with van der Waals surface area (Å²) in [4.78, 5) is 24.0. The summed E-state index contributed by atoms with van der Waals surface area (Å²) >= 11 is 0. The number of carbonyl (C=O) groups excluding carboxylic acids is 1. The first-order valence-electron chi connectivity index (χ1n) is 18.2. The van der Waals surface area contributed by atoms with Crippen molar-refractivity contribution in [2.75, 3.05) is 50.2 Å². The van der Waals surface area contributed by atoms with Gasteiger partial charge in [0.15, 0.2) is 5.79 Å². The molecule has 266 valence electrons. The number of rotatable bonds is 8. The van der Waals surface area contributed by atoms with Crippen molar-refractivity contribution in [2.24, 2.45) is 0 Å². The monoisotopic (exact) mass is 688 g/mol. The van der Waals surface area contributed by atoms with Gasteiger partial charge in [0, 0.05) is 27.2 Å². The highest BCUT2D eigenvalue weighted by atomic mass is 16.8. The first-order chi connectivity index (χ1) is 24.7. The summed E-state index contributed by atoms with van der Waals surface area (Å²) in [6.07, 6.45) is 0.444. The van der Waals surface area contributed by atoms with Gasteiger partial charge in [-0.05, 0) is 73.2 Å². The number of hydrogen-bond acceptors (Lipinski definition) is 7. The Hall–Kier alpha value is -4.73. The van der Waals surface area contributed by atoms with E-state index in [0.717, 1.165) is 58.2 Å². The summed E-state index contributed by atoms with van der Waals surface area (Å²) in [6, 6.07) is 32.8. The van der Waals surface area contributed by atoms with E-state index >= 15 is 4.79 Å². The van der Waals surface area contributed by atoms with Crippen LogP contribution in [0.25, 0.3) is 0 Å². The quantitative estimate of drug-likeness (QED) is 0.209. The number of hydrogen-bond donors (Lipinski definition) is 0. The second kappa shape index (κ2) is 13.8. The van der Waals surface area contributed by atoms with Gasteiger partial charge in [0.2, 0.25) is 0 Å². The Morgan fingerprint density at radius 2 is 1.04 bits per heavy atom. The van der Waals surface area contributed by atoms with Crippen molar-refractivity contribution in [1.82, 2.24) is 9.80 Å². The van der Waals surface area contributed by atoms with Gasteiger partial charge in [0.05, 0.1) is 36.5 Å². The highest BCUT2D eigenvalue weighted by molar-refractivity contribution is 5.76. The van der Waals surface area contributed by atoms with Gasteiger partial charge >= 0.3 is 6.03 Å². The Morgan fingerprint density at radius 1 is 0.608 bits per heavy atom. The van der Waals surface area contributed by atoms with Crippen LogP contribution in [0.15, 0.2) is 97.1 Å². The minimum atomic E-state index is -0.836. The maximum atomic E-state index is 15.4. The van der Waals surface area contributed by atoms with Crippen LogP contribution < -0.4 is 19.3 Å². The second-order valence-corrected chi connectivity index (χ2v) is 14.8. The van der Waals surface area contributed by atoms with Crippen LogP contribution in [0, 0.1) is 0 Å². The van der Waals surface area contributed by atoms with E-state index in [1.165, 1.54) is 0 Å². The van der Waals surface area contributed by atoms with E-state index in [1.54, 1.807) is 0 Å². The molecule has 2 amide bonds. The van der Waals surface area contributed by atoms with Crippen LogP contribution in [0.5, 0.6) is 11.5 Å². The first-order valence-corrected chi connectivity index (χ1v) is 18.2. The lowest BCUT2D eigenvalue weighted by atomic mass is 9.90. The standard InChI is InChI=1S/C42H48N4O5/c1-42(2)50-39-35(25-31-15-17-37-33(23-31)43(3)19-21-48-37)45(27-29-11-7-5-8-12-29)41(47)46(28-30-13-9-6-10-14-30)36(40(39)51-42)26-32-16-18-38-34(24-32)44(4)20-22-49-38/h5-18,23-24,35-36,39-40H,19-22,25-28H2,1-4H3/t35-,36-,39+,40+/m1/s1. The molecule has 0 spiro atoms. The fourth-order valence-electron chi connectivity index (χ4n) is 8.13.